The maximum Gasteiger partial charge on any atom is 0.303 e. The first kappa shape index (κ1) is 10.7. The highest BCUT2D eigenvalue weighted by atomic mass is 16.4. The van der Waals surface area contributed by atoms with Crippen molar-refractivity contribution in [2.75, 3.05) is 0 Å². The van der Waals surface area contributed by atoms with Crippen LogP contribution in [0.5, 0.6) is 0 Å². The molecule has 0 spiro atoms. The van der Waals surface area contributed by atoms with Crippen LogP contribution in [-0.2, 0) is 11.8 Å². The van der Waals surface area contributed by atoms with Gasteiger partial charge in [-0.3, -0.25) is 4.79 Å². The van der Waals surface area contributed by atoms with Gasteiger partial charge < -0.3 is 9.67 Å². The van der Waals surface area contributed by atoms with E-state index in [0.29, 0.717) is 0 Å². The monoisotopic (exact) mass is 218 g/mol. The van der Waals surface area contributed by atoms with Crippen molar-refractivity contribution >= 4 is 17.0 Å². The van der Waals surface area contributed by atoms with Gasteiger partial charge in [0.05, 0.1) is 6.42 Å². The van der Waals surface area contributed by atoms with Gasteiger partial charge in [0.1, 0.15) is 5.65 Å². The van der Waals surface area contributed by atoms with Crippen molar-refractivity contribution in [2.45, 2.75) is 19.3 Å². The van der Waals surface area contributed by atoms with Crippen LogP contribution in [0, 0.1) is 0 Å². The molecule has 0 amide bonds. The number of rotatable bonds is 3. The number of pyridine rings is 1. The van der Waals surface area contributed by atoms with Gasteiger partial charge in [0, 0.05) is 24.8 Å². The molecule has 84 valence electrons. The molecule has 4 heteroatoms. The summed E-state index contributed by atoms with van der Waals surface area (Å²) in [5.41, 5.74) is 1.95. The van der Waals surface area contributed by atoms with Gasteiger partial charge in [-0.1, -0.05) is 6.92 Å². The van der Waals surface area contributed by atoms with Crippen LogP contribution in [0.25, 0.3) is 11.0 Å². The molecule has 1 unspecified atom stereocenters. The third-order valence-electron chi connectivity index (χ3n) is 2.78. The summed E-state index contributed by atoms with van der Waals surface area (Å²) in [6.07, 6.45) is 3.85. The van der Waals surface area contributed by atoms with Gasteiger partial charge in [-0.05, 0) is 23.6 Å². The topological polar surface area (TPSA) is 55.1 Å². The molecule has 0 bridgehead atoms. The van der Waals surface area contributed by atoms with Crippen LogP contribution in [0.1, 0.15) is 24.8 Å². The average Bonchev–Trinajstić information content (AvgIpc) is 2.56. The fraction of sp³-hybridized carbons (Fsp3) is 0.333. The van der Waals surface area contributed by atoms with E-state index in [9.17, 15) is 4.79 Å². The van der Waals surface area contributed by atoms with Crippen LogP contribution in [0.15, 0.2) is 24.5 Å². The van der Waals surface area contributed by atoms with Crippen molar-refractivity contribution in [1.29, 1.82) is 0 Å². The third kappa shape index (κ3) is 1.78. The van der Waals surface area contributed by atoms with E-state index in [1.807, 2.05) is 36.9 Å². The number of carbonyl (C=O) groups is 1. The van der Waals surface area contributed by atoms with Crippen LogP contribution in [0.4, 0.5) is 0 Å². The van der Waals surface area contributed by atoms with Crippen molar-refractivity contribution in [1.82, 2.24) is 9.55 Å². The van der Waals surface area contributed by atoms with E-state index in [0.717, 1.165) is 16.6 Å². The lowest BCUT2D eigenvalue weighted by molar-refractivity contribution is -0.137. The van der Waals surface area contributed by atoms with Crippen molar-refractivity contribution in [3.8, 4) is 0 Å². The number of carboxylic acid groups (broad SMARTS) is 1. The summed E-state index contributed by atoms with van der Waals surface area (Å²) in [7, 11) is 1.92. The molecule has 0 saturated carbocycles. The predicted octanol–water partition coefficient (Wildman–Crippen LogP) is 2.15. The molecule has 2 rings (SSSR count). The number of aliphatic carboxylic acids is 1. The van der Waals surface area contributed by atoms with E-state index in [1.165, 1.54) is 0 Å². The van der Waals surface area contributed by atoms with E-state index < -0.39 is 5.97 Å². The second-order valence-electron chi connectivity index (χ2n) is 4.07. The number of fused-ring (bicyclic) bond motifs is 1. The molecule has 16 heavy (non-hydrogen) atoms. The lowest BCUT2D eigenvalue weighted by Gasteiger charge is -2.06. The minimum absolute atomic E-state index is 0.00500. The van der Waals surface area contributed by atoms with E-state index in [-0.39, 0.29) is 12.3 Å². The Hall–Kier alpha value is -1.84. The summed E-state index contributed by atoms with van der Waals surface area (Å²) < 4.78 is 1.93. The average molecular weight is 218 g/mol. The van der Waals surface area contributed by atoms with Gasteiger partial charge in [0.15, 0.2) is 0 Å². The van der Waals surface area contributed by atoms with E-state index in [2.05, 4.69) is 4.98 Å². The Bertz CT molecular complexity index is 531. The second kappa shape index (κ2) is 3.96. The maximum absolute atomic E-state index is 10.7. The Morgan fingerprint density at radius 2 is 2.38 bits per heavy atom. The van der Waals surface area contributed by atoms with Crippen LogP contribution in [0.2, 0.25) is 0 Å². The van der Waals surface area contributed by atoms with Crippen LogP contribution in [0.3, 0.4) is 0 Å². The summed E-state index contributed by atoms with van der Waals surface area (Å²) in [5, 5.41) is 9.84. The van der Waals surface area contributed by atoms with Crippen LogP contribution < -0.4 is 0 Å². The third-order valence-corrected chi connectivity index (χ3v) is 2.78. The highest BCUT2D eigenvalue weighted by molar-refractivity contribution is 5.81. The molecule has 2 aromatic rings. The quantitative estimate of drug-likeness (QED) is 0.858. The zero-order valence-corrected chi connectivity index (χ0v) is 9.34. The van der Waals surface area contributed by atoms with Gasteiger partial charge in [-0.2, -0.15) is 0 Å². The van der Waals surface area contributed by atoms with E-state index >= 15 is 0 Å². The molecule has 0 aliphatic rings. The summed E-state index contributed by atoms with van der Waals surface area (Å²) in [4.78, 5) is 15.0. The first-order valence-electron chi connectivity index (χ1n) is 5.21. The molecular weight excluding hydrogens is 204 g/mol. The van der Waals surface area contributed by atoms with Crippen molar-refractivity contribution in [3.63, 3.8) is 0 Å². The Labute approximate surface area is 93.5 Å². The smallest absolute Gasteiger partial charge is 0.303 e. The van der Waals surface area contributed by atoms with Crippen molar-refractivity contribution in [3.05, 3.63) is 30.1 Å². The SMILES string of the molecule is CC(CC(=O)O)c1cn(C)c2ncccc12. The molecule has 0 aromatic carbocycles. The van der Waals surface area contributed by atoms with Crippen molar-refractivity contribution < 1.29 is 9.90 Å². The first-order valence-corrected chi connectivity index (χ1v) is 5.21. The lowest BCUT2D eigenvalue weighted by Crippen LogP contribution is -2.02. The number of aryl methyl sites for hydroxylation is 1. The Morgan fingerprint density at radius 1 is 1.62 bits per heavy atom. The normalized spacial score (nSPS) is 12.9. The molecule has 0 aliphatic heterocycles. The number of hydrogen-bond donors (Lipinski definition) is 1. The number of hydrogen-bond acceptors (Lipinski definition) is 2. The highest BCUT2D eigenvalue weighted by Crippen LogP contribution is 2.27. The number of nitrogens with zero attached hydrogens (tertiary/aromatic N) is 2. The number of carboxylic acids is 1. The molecule has 0 saturated heterocycles. The Morgan fingerprint density at radius 3 is 3.06 bits per heavy atom. The molecule has 2 aromatic heterocycles. The van der Waals surface area contributed by atoms with Crippen molar-refractivity contribution in [2.24, 2.45) is 7.05 Å². The summed E-state index contributed by atoms with van der Waals surface area (Å²) >= 11 is 0. The fourth-order valence-corrected chi connectivity index (χ4v) is 2.01. The Kier molecular flexibility index (Phi) is 2.64. The molecule has 2 heterocycles. The molecule has 0 radical (unpaired) electrons. The summed E-state index contributed by atoms with van der Waals surface area (Å²) in [6.45, 7) is 1.93. The maximum atomic E-state index is 10.7. The lowest BCUT2D eigenvalue weighted by atomic mass is 9.98. The van der Waals surface area contributed by atoms with Gasteiger partial charge >= 0.3 is 5.97 Å². The molecular formula is C12H14N2O2. The molecule has 4 nitrogen and oxygen atoms in total. The first-order chi connectivity index (χ1) is 7.59. The number of aromatic nitrogens is 2. The molecule has 0 aliphatic carbocycles. The summed E-state index contributed by atoms with van der Waals surface area (Å²) in [5.74, 6) is -0.765. The Balaban J connectivity index is 2.48. The predicted molar refractivity (Wildman–Crippen MR) is 61.4 cm³/mol. The van der Waals surface area contributed by atoms with Gasteiger partial charge in [0.25, 0.3) is 0 Å². The fourth-order valence-electron chi connectivity index (χ4n) is 2.01. The van der Waals surface area contributed by atoms with Gasteiger partial charge in [-0.25, -0.2) is 4.98 Å². The zero-order chi connectivity index (χ0) is 11.7. The minimum Gasteiger partial charge on any atom is -0.481 e. The molecule has 0 fully saturated rings. The minimum atomic E-state index is -0.770. The standard InChI is InChI=1S/C12H14N2O2/c1-8(6-11(15)16)10-7-14(2)12-9(10)4-3-5-13-12/h3-5,7-8H,6H2,1-2H3,(H,15,16). The molecule has 1 atom stereocenters. The summed E-state index contributed by atoms with van der Waals surface area (Å²) in [6, 6.07) is 3.86. The molecule has 1 N–H and O–H groups in total. The zero-order valence-electron chi connectivity index (χ0n) is 9.34. The second-order valence-corrected chi connectivity index (χ2v) is 4.07. The van der Waals surface area contributed by atoms with E-state index in [1.54, 1.807) is 6.20 Å². The largest absolute Gasteiger partial charge is 0.481 e. The van der Waals surface area contributed by atoms with Gasteiger partial charge in [-0.15, -0.1) is 0 Å². The van der Waals surface area contributed by atoms with Crippen LogP contribution >= 0.6 is 0 Å². The highest BCUT2D eigenvalue weighted by Gasteiger charge is 2.15. The van der Waals surface area contributed by atoms with E-state index in [4.69, 9.17) is 5.11 Å². The van der Waals surface area contributed by atoms with Gasteiger partial charge in [0.2, 0.25) is 0 Å². The van der Waals surface area contributed by atoms with Crippen LogP contribution in [-0.4, -0.2) is 20.6 Å².